The van der Waals surface area contributed by atoms with Gasteiger partial charge in [-0.25, -0.2) is 8.42 Å². The van der Waals surface area contributed by atoms with Crippen LogP contribution >= 0.6 is 0 Å². The number of methoxy groups -OCH3 is 1. The van der Waals surface area contributed by atoms with Gasteiger partial charge in [0.15, 0.2) is 0 Å². The van der Waals surface area contributed by atoms with Crippen molar-refractivity contribution in [3.63, 3.8) is 0 Å². The van der Waals surface area contributed by atoms with Crippen LogP contribution in [0.3, 0.4) is 0 Å². The Morgan fingerprint density at radius 2 is 1.94 bits per heavy atom. The standard InChI is InChI=1S/C12H26N2O3S/c1-11(2)14(8-9-17-3)18(15,16)10-12-4-6-13-7-5-12/h11-13H,4-10H2,1-3H3. The normalized spacial score (nSPS) is 18.7. The molecule has 0 amide bonds. The van der Waals surface area contributed by atoms with Gasteiger partial charge < -0.3 is 10.1 Å². The van der Waals surface area contributed by atoms with Gasteiger partial charge in [0.25, 0.3) is 0 Å². The van der Waals surface area contributed by atoms with Crippen LogP contribution < -0.4 is 5.32 Å². The molecule has 0 aromatic heterocycles. The van der Waals surface area contributed by atoms with E-state index in [0.29, 0.717) is 19.1 Å². The molecule has 1 N–H and O–H groups in total. The second-order valence-corrected chi connectivity index (χ2v) is 7.14. The first kappa shape index (κ1) is 15.9. The maximum Gasteiger partial charge on any atom is 0.214 e. The first-order valence-electron chi connectivity index (χ1n) is 6.66. The molecule has 6 heteroatoms. The molecule has 0 spiro atoms. The molecule has 1 aliphatic heterocycles. The van der Waals surface area contributed by atoms with E-state index in [2.05, 4.69) is 5.32 Å². The van der Waals surface area contributed by atoms with Gasteiger partial charge in [-0.15, -0.1) is 0 Å². The predicted molar refractivity (Wildman–Crippen MR) is 73.1 cm³/mol. The van der Waals surface area contributed by atoms with Crippen molar-refractivity contribution in [3.05, 3.63) is 0 Å². The third-order valence-corrected chi connectivity index (χ3v) is 5.57. The van der Waals surface area contributed by atoms with Crippen molar-refractivity contribution in [2.24, 2.45) is 5.92 Å². The van der Waals surface area contributed by atoms with Gasteiger partial charge in [0.1, 0.15) is 0 Å². The summed E-state index contributed by atoms with van der Waals surface area (Å²) in [4.78, 5) is 0. The Hall–Kier alpha value is -0.170. The van der Waals surface area contributed by atoms with Gasteiger partial charge in [0.05, 0.1) is 12.4 Å². The average molecular weight is 278 g/mol. The molecule has 1 rings (SSSR count). The van der Waals surface area contributed by atoms with Gasteiger partial charge >= 0.3 is 0 Å². The van der Waals surface area contributed by atoms with Crippen LogP contribution in [-0.4, -0.2) is 57.9 Å². The summed E-state index contributed by atoms with van der Waals surface area (Å²) in [7, 11) is -1.57. The second-order valence-electron chi connectivity index (χ2n) is 5.17. The van der Waals surface area contributed by atoms with Gasteiger partial charge in [0, 0.05) is 19.7 Å². The summed E-state index contributed by atoms with van der Waals surface area (Å²) < 4.78 is 31.4. The van der Waals surface area contributed by atoms with Crippen LogP contribution in [0.4, 0.5) is 0 Å². The minimum atomic E-state index is -3.17. The van der Waals surface area contributed by atoms with Crippen LogP contribution in [0.5, 0.6) is 0 Å². The van der Waals surface area contributed by atoms with Gasteiger partial charge in [-0.2, -0.15) is 4.31 Å². The highest BCUT2D eigenvalue weighted by Crippen LogP contribution is 2.18. The van der Waals surface area contributed by atoms with Crippen molar-refractivity contribution in [1.82, 2.24) is 9.62 Å². The quantitative estimate of drug-likeness (QED) is 0.744. The molecule has 0 atom stereocenters. The zero-order valence-electron chi connectivity index (χ0n) is 11.7. The first-order chi connectivity index (χ1) is 8.47. The monoisotopic (exact) mass is 278 g/mol. The minimum absolute atomic E-state index is 0.00753. The van der Waals surface area contributed by atoms with Crippen molar-refractivity contribution in [2.75, 3.05) is 39.1 Å². The summed E-state index contributed by atoms with van der Waals surface area (Å²) in [5.74, 6) is 0.566. The topological polar surface area (TPSA) is 58.6 Å². The Kier molecular flexibility index (Phi) is 6.55. The fourth-order valence-corrected chi connectivity index (χ4v) is 4.46. The average Bonchev–Trinajstić information content (AvgIpc) is 2.29. The zero-order chi connectivity index (χ0) is 13.6. The maximum absolute atomic E-state index is 12.4. The second kappa shape index (κ2) is 7.43. The lowest BCUT2D eigenvalue weighted by molar-refractivity contribution is 0.170. The van der Waals surface area contributed by atoms with Crippen molar-refractivity contribution in [3.8, 4) is 0 Å². The predicted octanol–water partition coefficient (Wildman–Crippen LogP) is 0.673. The SMILES string of the molecule is COCCN(C(C)C)S(=O)(=O)CC1CCNCC1. The number of rotatable bonds is 7. The van der Waals surface area contributed by atoms with Crippen molar-refractivity contribution in [2.45, 2.75) is 32.7 Å². The highest BCUT2D eigenvalue weighted by Gasteiger charge is 2.28. The summed E-state index contributed by atoms with van der Waals surface area (Å²) in [5.41, 5.74) is 0. The van der Waals surface area contributed by atoms with Crippen molar-refractivity contribution >= 4 is 10.0 Å². The number of sulfonamides is 1. The van der Waals surface area contributed by atoms with Gasteiger partial charge in [-0.1, -0.05) is 0 Å². The van der Waals surface area contributed by atoms with Crippen LogP contribution in [0, 0.1) is 5.92 Å². The Morgan fingerprint density at radius 3 is 2.44 bits per heavy atom. The van der Waals surface area contributed by atoms with Crippen molar-refractivity contribution < 1.29 is 13.2 Å². The summed E-state index contributed by atoms with van der Waals surface area (Å²) in [6.07, 6.45) is 1.91. The number of piperidine rings is 1. The molecule has 1 heterocycles. The molecule has 5 nitrogen and oxygen atoms in total. The summed E-state index contributed by atoms with van der Waals surface area (Å²) >= 11 is 0. The Morgan fingerprint density at radius 1 is 1.33 bits per heavy atom. The van der Waals surface area contributed by atoms with E-state index in [9.17, 15) is 8.42 Å². The van der Waals surface area contributed by atoms with E-state index in [4.69, 9.17) is 4.74 Å². The molecule has 1 saturated heterocycles. The molecule has 108 valence electrons. The highest BCUT2D eigenvalue weighted by atomic mass is 32.2. The number of nitrogens with one attached hydrogen (secondary N) is 1. The molecular weight excluding hydrogens is 252 g/mol. The van der Waals surface area contributed by atoms with Crippen LogP contribution in [0.2, 0.25) is 0 Å². The van der Waals surface area contributed by atoms with E-state index in [0.717, 1.165) is 25.9 Å². The van der Waals surface area contributed by atoms with Gasteiger partial charge in [-0.3, -0.25) is 0 Å². The molecule has 0 bridgehead atoms. The largest absolute Gasteiger partial charge is 0.383 e. The number of hydrogen-bond acceptors (Lipinski definition) is 4. The summed E-state index contributed by atoms with van der Waals surface area (Å²) in [5, 5.41) is 3.26. The van der Waals surface area contributed by atoms with Crippen LogP contribution in [0.15, 0.2) is 0 Å². The van der Waals surface area contributed by atoms with E-state index in [1.807, 2.05) is 13.8 Å². The Balaban J connectivity index is 2.62. The van der Waals surface area contributed by atoms with E-state index in [1.54, 1.807) is 11.4 Å². The minimum Gasteiger partial charge on any atom is -0.383 e. The molecule has 0 saturated carbocycles. The van der Waals surface area contributed by atoms with Crippen LogP contribution in [0.25, 0.3) is 0 Å². The molecular formula is C12H26N2O3S. The Labute approximate surface area is 111 Å². The fraction of sp³-hybridized carbons (Fsp3) is 1.00. The summed E-state index contributed by atoms with van der Waals surface area (Å²) in [6.45, 7) is 6.58. The molecule has 1 fully saturated rings. The first-order valence-corrected chi connectivity index (χ1v) is 8.27. The number of hydrogen-bond donors (Lipinski definition) is 1. The molecule has 0 unspecified atom stereocenters. The lowest BCUT2D eigenvalue weighted by Gasteiger charge is -2.29. The third-order valence-electron chi connectivity index (χ3n) is 3.35. The highest BCUT2D eigenvalue weighted by molar-refractivity contribution is 7.89. The van der Waals surface area contributed by atoms with E-state index < -0.39 is 10.0 Å². The molecule has 0 aliphatic carbocycles. The summed E-state index contributed by atoms with van der Waals surface area (Å²) in [6, 6.07) is -0.00753. The van der Waals surface area contributed by atoms with Crippen LogP contribution in [-0.2, 0) is 14.8 Å². The lowest BCUT2D eigenvalue weighted by atomic mass is 10.0. The van der Waals surface area contributed by atoms with Gasteiger partial charge in [0.2, 0.25) is 10.0 Å². The Bertz CT molecular complexity index is 324. The van der Waals surface area contributed by atoms with Crippen molar-refractivity contribution in [1.29, 1.82) is 0 Å². The van der Waals surface area contributed by atoms with E-state index >= 15 is 0 Å². The number of nitrogens with zero attached hydrogens (tertiary/aromatic N) is 1. The van der Waals surface area contributed by atoms with Gasteiger partial charge in [-0.05, 0) is 45.7 Å². The third kappa shape index (κ3) is 4.84. The smallest absolute Gasteiger partial charge is 0.214 e. The molecule has 1 aliphatic rings. The van der Waals surface area contributed by atoms with E-state index in [-0.39, 0.29) is 11.8 Å². The lowest BCUT2D eigenvalue weighted by Crippen LogP contribution is -2.43. The van der Waals surface area contributed by atoms with Crippen LogP contribution in [0.1, 0.15) is 26.7 Å². The maximum atomic E-state index is 12.4. The molecule has 0 aromatic carbocycles. The van der Waals surface area contributed by atoms with E-state index in [1.165, 1.54) is 0 Å². The molecule has 0 radical (unpaired) electrons. The molecule has 18 heavy (non-hydrogen) atoms. The fourth-order valence-electron chi connectivity index (χ4n) is 2.34. The molecule has 0 aromatic rings. The number of ether oxygens (including phenoxy) is 1. The zero-order valence-corrected chi connectivity index (χ0v) is 12.5.